The van der Waals surface area contributed by atoms with Crippen molar-refractivity contribution >= 4 is 17.5 Å². The number of methoxy groups -OCH3 is 2. The highest BCUT2D eigenvalue weighted by Crippen LogP contribution is 2.36. The Hall–Kier alpha value is -3.52. The van der Waals surface area contributed by atoms with E-state index in [-0.39, 0.29) is 5.95 Å². The van der Waals surface area contributed by atoms with Crippen LogP contribution >= 0.6 is 0 Å². The first kappa shape index (κ1) is 19.2. The summed E-state index contributed by atoms with van der Waals surface area (Å²) in [6.07, 6.45) is 0. The number of rotatable bonds is 6. The molecule has 0 fully saturated rings. The van der Waals surface area contributed by atoms with Crippen LogP contribution in [0, 0.1) is 6.92 Å². The lowest BCUT2D eigenvalue weighted by atomic mass is 10.1. The topological polar surface area (TPSA) is 126 Å². The number of hydrogen-bond acceptors (Lipinski definition) is 8. The molecule has 0 aliphatic rings. The Bertz CT molecular complexity index is 992. The first-order chi connectivity index (χ1) is 13.4. The van der Waals surface area contributed by atoms with Crippen molar-refractivity contribution in [3.8, 4) is 22.8 Å². The van der Waals surface area contributed by atoms with Crippen molar-refractivity contribution in [2.24, 2.45) is 5.84 Å². The van der Waals surface area contributed by atoms with E-state index in [9.17, 15) is 0 Å². The molecule has 0 amide bonds. The van der Waals surface area contributed by atoms with Gasteiger partial charge in [0.05, 0.1) is 20.8 Å². The van der Waals surface area contributed by atoms with Gasteiger partial charge in [-0.1, -0.05) is 24.3 Å². The minimum atomic E-state index is 0.0661. The predicted molar refractivity (Wildman–Crippen MR) is 111 cm³/mol. The van der Waals surface area contributed by atoms with Crippen molar-refractivity contribution < 1.29 is 9.47 Å². The molecule has 2 aromatic carbocycles. The van der Waals surface area contributed by atoms with Crippen LogP contribution in [-0.4, -0.2) is 24.2 Å². The fourth-order valence-electron chi connectivity index (χ4n) is 2.98. The number of hydrogen-bond donors (Lipinski definition) is 3. The second kappa shape index (κ2) is 8.01. The summed E-state index contributed by atoms with van der Waals surface area (Å²) < 4.78 is 10.9. The van der Waals surface area contributed by atoms with Crippen LogP contribution in [0.3, 0.4) is 0 Å². The lowest BCUT2D eigenvalue weighted by Gasteiger charge is -2.22. The predicted octanol–water partition coefficient (Wildman–Crippen LogP) is 2.51. The molecule has 8 heteroatoms. The molecule has 0 saturated heterocycles. The van der Waals surface area contributed by atoms with Crippen molar-refractivity contribution in [1.29, 1.82) is 0 Å². The Morgan fingerprint density at radius 2 is 1.68 bits per heavy atom. The van der Waals surface area contributed by atoms with Gasteiger partial charge in [0, 0.05) is 11.1 Å². The van der Waals surface area contributed by atoms with Crippen LogP contribution in [0.15, 0.2) is 42.5 Å². The molecule has 0 radical (unpaired) electrons. The standard InChI is InChI=1S/C20H24N6O2/c1-12-8-9-13(16(10-12)28-3)11-26(23)19-17(21)18(24-20(22)25-19)14-6-4-5-7-15(14)27-2/h4-10H,11,21,23H2,1-3H3,(H2,22,24,25). The number of aryl methyl sites for hydroxylation is 1. The van der Waals surface area contributed by atoms with Gasteiger partial charge < -0.3 is 20.9 Å². The SMILES string of the molecule is COc1cc(C)ccc1CN(N)c1nc(N)nc(-c2ccccc2OC)c1N. The number of hydrazine groups is 1. The first-order valence-corrected chi connectivity index (χ1v) is 8.66. The van der Waals surface area contributed by atoms with Gasteiger partial charge in [-0.2, -0.15) is 4.98 Å². The summed E-state index contributed by atoms with van der Waals surface area (Å²) in [5.74, 6) is 8.06. The molecular formula is C20H24N6O2. The van der Waals surface area contributed by atoms with Crippen LogP contribution in [0.1, 0.15) is 11.1 Å². The molecule has 1 aromatic heterocycles. The molecule has 3 rings (SSSR count). The number of ether oxygens (including phenoxy) is 2. The Balaban J connectivity index is 2.02. The second-order valence-corrected chi connectivity index (χ2v) is 6.31. The van der Waals surface area contributed by atoms with Crippen molar-refractivity contribution in [1.82, 2.24) is 9.97 Å². The van der Waals surface area contributed by atoms with E-state index in [0.717, 1.165) is 16.9 Å². The second-order valence-electron chi connectivity index (χ2n) is 6.31. The van der Waals surface area contributed by atoms with Gasteiger partial charge in [0.1, 0.15) is 22.9 Å². The Morgan fingerprint density at radius 1 is 0.964 bits per heavy atom. The number of para-hydroxylation sites is 1. The van der Waals surface area contributed by atoms with Crippen LogP contribution in [0.5, 0.6) is 11.5 Å². The number of anilines is 3. The quantitative estimate of drug-likeness (QED) is 0.440. The van der Waals surface area contributed by atoms with Gasteiger partial charge in [-0.05, 0) is 30.7 Å². The number of aromatic nitrogens is 2. The van der Waals surface area contributed by atoms with Gasteiger partial charge >= 0.3 is 0 Å². The maximum atomic E-state index is 6.37. The fraction of sp³-hybridized carbons (Fsp3) is 0.200. The zero-order valence-corrected chi connectivity index (χ0v) is 16.1. The van der Waals surface area contributed by atoms with Crippen LogP contribution in [0.25, 0.3) is 11.3 Å². The minimum Gasteiger partial charge on any atom is -0.496 e. The molecule has 0 bridgehead atoms. The normalized spacial score (nSPS) is 10.6. The summed E-state index contributed by atoms with van der Waals surface area (Å²) in [7, 11) is 3.20. The molecule has 1 heterocycles. The average molecular weight is 380 g/mol. The minimum absolute atomic E-state index is 0.0661. The van der Waals surface area contributed by atoms with Gasteiger partial charge in [-0.3, -0.25) is 5.01 Å². The summed E-state index contributed by atoms with van der Waals surface area (Å²) in [5, 5.41) is 1.43. The third kappa shape index (κ3) is 3.77. The molecule has 28 heavy (non-hydrogen) atoms. The molecule has 0 saturated carbocycles. The maximum absolute atomic E-state index is 6.37. The number of benzene rings is 2. The summed E-state index contributed by atoms with van der Waals surface area (Å²) in [4.78, 5) is 8.55. The van der Waals surface area contributed by atoms with Crippen LogP contribution in [0.4, 0.5) is 17.5 Å². The lowest BCUT2D eigenvalue weighted by Crippen LogP contribution is -2.32. The van der Waals surface area contributed by atoms with E-state index in [0.29, 0.717) is 35.1 Å². The number of nitrogen functional groups attached to an aromatic ring is 2. The van der Waals surface area contributed by atoms with Crippen LogP contribution in [0.2, 0.25) is 0 Å². The zero-order valence-electron chi connectivity index (χ0n) is 16.1. The van der Waals surface area contributed by atoms with E-state index < -0.39 is 0 Å². The van der Waals surface area contributed by atoms with E-state index in [4.69, 9.17) is 26.8 Å². The Kier molecular flexibility index (Phi) is 5.51. The third-order valence-electron chi connectivity index (χ3n) is 4.36. The summed E-state index contributed by atoms with van der Waals surface area (Å²) in [6, 6.07) is 13.3. The van der Waals surface area contributed by atoms with E-state index in [2.05, 4.69) is 9.97 Å². The molecular weight excluding hydrogens is 356 g/mol. The van der Waals surface area contributed by atoms with Crippen molar-refractivity contribution in [3.05, 3.63) is 53.6 Å². The van der Waals surface area contributed by atoms with Gasteiger partial charge in [-0.25, -0.2) is 10.8 Å². The molecule has 8 nitrogen and oxygen atoms in total. The highest BCUT2D eigenvalue weighted by molar-refractivity contribution is 5.84. The Morgan fingerprint density at radius 3 is 2.39 bits per heavy atom. The van der Waals surface area contributed by atoms with E-state index >= 15 is 0 Å². The van der Waals surface area contributed by atoms with Crippen molar-refractivity contribution in [2.45, 2.75) is 13.5 Å². The van der Waals surface area contributed by atoms with Crippen molar-refractivity contribution in [2.75, 3.05) is 30.7 Å². The molecule has 0 aliphatic heterocycles. The Labute approximate surface area is 163 Å². The highest BCUT2D eigenvalue weighted by atomic mass is 16.5. The third-order valence-corrected chi connectivity index (χ3v) is 4.36. The summed E-state index contributed by atoms with van der Waals surface area (Å²) in [6.45, 7) is 2.32. The molecule has 0 spiro atoms. The van der Waals surface area contributed by atoms with Gasteiger partial charge in [0.2, 0.25) is 5.95 Å². The molecule has 0 atom stereocenters. The summed E-state index contributed by atoms with van der Waals surface area (Å²) >= 11 is 0. The van der Waals surface area contributed by atoms with E-state index in [1.807, 2.05) is 49.4 Å². The molecule has 3 aromatic rings. The molecule has 0 aliphatic carbocycles. The fourth-order valence-corrected chi connectivity index (χ4v) is 2.98. The number of nitrogens with two attached hydrogens (primary N) is 3. The van der Waals surface area contributed by atoms with Gasteiger partial charge in [0.25, 0.3) is 0 Å². The highest BCUT2D eigenvalue weighted by Gasteiger charge is 2.19. The van der Waals surface area contributed by atoms with Crippen LogP contribution in [-0.2, 0) is 6.54 Å². The first-order valence-electron chi connectivity index (χ1n) is 8.66. The molecule has 6 N–H and O–H groups in total. The molecule has 0 unspecified atom stereocenters. The largest absolute Gasteiger partial charge is 0.496 e. The monoisotopic (exact) mass is 380 g/mol. The van der Waals surface area contributed by atoms with Gasteiger partial charge in [0.15, 0.2) is 5.82 Å². The average Bonchev–Trinajstić information content (AvgIpc) is 2.70. The van der Waals surface area contributed by atoms with Crippen molar-refractivity contribution in [3.63, 3.8) is 0 Å². The van der Waals surface area contributed by atoms with E-state index in [1.54, 1.807) is 14.2 Å². The summed E-state index contributed by atoms with van der Waals surface area (Å²) in [5.41, 5.74) is 15.8. The maximum Gasteiger partial charge on any atom is 0.222 e. The zero-order chi connectivity index (χ0) is 20.3. The van der Waals surface area contributed by atoms with Crippen LogP contribution < -0.4 is 31.8 Å². The number of nitrogens with zero attached hydrogens (tertiary/aromatic N) is 3. The smallest absolute Gasteiger partial charge is 0.222 e. The lowest BCUT2D eigenvalue weighted by molar-refractivity contribution is 0.409. The van der Waals surface area contributed by atoms with Gasteiger partial charge in [-0.15, -0.1) is 0 Å². The van der Waals surface area contributed by atoms with E-state index in [1.165, 1.54) is 5.01 Å². The molecule has 146 valence electrons.